The van der Waals surface area contributed by atoms with Crippen LogP contribution in [0.25, 0.3) is 0 Å². The zero-order valence-corrected chi connectivity index (χ0v) is 7.66. The topological polar surface area (TPSA) is 53.6 Å². The minimum absolute atomic E-state index is 0.531. The summed E-state index contributed by atoms with van der Waals surface area (Å²) in [5, 5.41) is 9.56. The van der Waals surface area contributed by atoms with E-state index >= 15 is 0 Å². The van der Waals surface area contributed by atoms with Crippen LogP contribution < -0.4 is 11.1 Å². The Morgan fingerprint density at radius 1 is 1.75 bits per heavy atom. The summed E-state index contributed by atoms with van der Waals surface area (Å²) in [4.78, 5) is 0. The number of nitrogens with zero attached hydrogens (tertiary/aromatic N) is 2. The summed E-state index contributed by atoms with van der Waals surface area (Å²) in [5.74, 6) is 0. The van der Waals surface area contributed by atoms with Gasteiger partial charge in [0.25, 0.3) is 0 Å². The molecule has 0 aliphatic carbocycles. The average molecular weight is 170 g/mol. The molecule has 0 bridgehead atoms. The van der Waals surface area contributed by atoms with Crippen molar-refractivity contribution >= 4 is 6.34 Å². The van der Waals surface area contributed by atoms with E-state index in [2.05, 4.69) is 22.4 Å². The SMILES string of the molecule is CCCC1CNCCN1N=CN. The van der Waals surface area contributed by atoms with Crippen LogP contribution in [0.4, 0.5) is 0 Å². The van der Waals surface area contributed by atoms with Gasteiger partial charge in [-0.15, -0.1) is 0 Å². The van der Waals surface area contributed by atoms with Crippen LogP contribution in [-0.2, 0) is 0 Å². The molecule has 1 unspecified atom stereocenters. The number of nitrogens with one attached hydrogen (secondary N) is 1. The highest BCUT2D eigenvalue weighted by atomic mass is 15.5. The van der Waals surface area contributed by atoms with Crippen molar-refractivity contribution in [2.75, 3.05) is 19.6 Å². The van der Waals surface area contributed by atoms with Crippen molar-refractivity contribution < 1.29 is 0 Å². The smallest absolute Gasteiger partial charge is 0.106 e. The van der Waals surface area contributed by atoms with Crippen LogP contribution in [0.15, 0.2) is 5.10 Å². The normalized spacial score (nSPS) is 25.1. The first kappa shape index (κ1) is 9.32. The van der Waals surface area contributed by atoms with Gasteiger partial charge in [0.05, 0.1) is 6.04 Å². The number of nitrogens with two attached hydrogens (primary N) is 1. The maximum Gasteiger partial charge on any atom is 0.106 e. The number of hydrogen-bond donors (Lipinski definition) is 2. The molecule has 70 valence electrons. The molecule has 0 spiro atoms. The van der Waals surface area contributed by atoms with Gasteiger partial charge in [-0.1, -0.05) is 13.3 Å². The van der Waals surface area contributed by atoms with Gasteiger partial charge in [0.1, 0.15) is 6.34 Å². The standard InChI is InChI=1S/C8H18N4/c1-2-3-8-6-10-4-5-12(8)11-7-9/h7-8,10H,2-6H2,1H3,(H2,9,11). The van der Waals surface area contributed by atoms with Crippen LogP contribution in [0.1, 0.15) is 19.8 Å². The third-order valence-electron chi connectivity index (χ3n) is 2.16. The summed E-state index contributed by atoms with van der Waals surface area (Å²) in [6.07, 6.45) is 3.77. The summed E-state index contributed by atoms with van der Waals surface area (Å²) < 4.78 is 0. The Kier molecular flexibility index (Phi) is 3.87. The van der Waals surface area contributed by atoms with Gasteiger partial charge in [-0.25, -0.2) is 0 Å². The molecule has 1 heterocycles. The van der Waals surface area contributed by atoms with E-state index in [1.54, 1.807) is 0 Å². The summed E-state index contributed by atoms with van der Waals surface area (Å²) in [5.41, 5.74) is 5.26. The summed E-state index contributed by atoms with van der Waals surface area (Å²) in [6, 6.07) is 0.531. The highest BCUT2D eigenvalue weighted by molar-refractivity contribution is 5.50. The van der Waals surface area contributed by atoms with Gasteiger partial charge in [0, 0.05) is 19.6 Å². The van der Waals surface area contributed by atoms with Crippen molar-refractivity contribution in [3.63, 3.8) is 0 Å². The van der Waals surface area contributed by atoms with Gasteiger partial charge in [-0.3, -0.25) is 5.01 Å². The largest absolute Gasteiger partial charge is 0.388 e. The first-order chi connectivity index (χ1) is 5.88. The molecule has 1 atom stereocenters. The molecule has 12 heavy (non-hydrogen) atoms. The molecule has 1 aliphatic rings. The lowest BCUT2D eigenvalue weighted by Gasteiger charge is -2.33. The van der Waals surface area contributed by atoms with Crippen LogP contribution >= 0.6 is 0 Å². The van der Waals surface area contributed by atoms with Crippen LogP contribution in [-0.4, -0.2) is 37.0 Å². The van der Waals surface area contributed by atoms with E-state index in [-0.39, 0.29) is 0 Å². The van der Waals surface area contributed by atoms with Gasteiger partial charge < -0.3 is 11.1 Å². The molecule has 0 radical (unpaired) electrons. The lowest BCUT2D eigenvalue weighted by atomic mass is 10.1. The second-order valence-electron chi connectivity index (χ2n) is 3.07. The fourth-order valence-electron chi connectivity index (χ4n) is 1.57. The average Bonchev–Trinajstić information content (AvgIpc) is 2.09. The van der Waals surface area contributed by atoms with E-state index in [4.69, 9.17) is 5.73 Å². The second-order valence-corrected chi connectivity index (χ2v) is 3.07. The van der Waals surface area contributed by atoms with E-state index < -0.39 is 0 Å². The van der Waals surface area contributed by atoms with Crippen LogP contribution in [0, 0.1) is 0 Å². The molecule has 0 aromatic heterocycles. The van der Waals surface area contributed by atoms with Crippen molar-refractivity contribution in [3.05, 3.63) is 0 Å². The van der Waals surface area contributed by atoms with Crippen LogP contribution in [0.5, 0.6) is 0 Å². The summed E-state index contributed by atoms with van der Waals surface area (Å²) >= 11 is 0. The molecule has 3 N–H and O–H groups in total. The Morgan fingerprint density at radius 2 is 2.58 bits per heavy atom. The van der Waals surface area contributed by atoms with Crippen molar-refractivity contribution in [1.82, 2.24) is 10.3 Å². The van der Waals surface area contributed by atoms with Gasteiger partial charge in [-0.05, 0) is 6.42 Å². The molecule has 1 fully saturated rings. The minimum atomic E-state index is 0.531. The first-order valence-corrected chi connectivity index (χ1v) is 4.60. The Morgan fingerprint density at radius 3 is 3.25 bits per heavy atom. The number of piperazine rings is 1. The Balaban J connectivity index is 2.42. The second kappa shape index (κ2) is 4.98. The van der Waals surface area contributed by atoms with E-state index in [9.17, 15) is 0 Å². The molecule has 4 heteroatoms. The fourth-order valence-corrected chi connectivity index (χ4v) is 1.57. The molecule has 1 rings (SSSR count). The summed E-state index contributed by atoms with van der Waals surface area (Å²) in [7, 11) is 0. The molecular weight excluding hydrogens is 152 g/mol. The fraction of sp³-hybridized carbons (Fsp3) is 0.875. The molecule has 0 amide bonds. The monoisotopic (exact) mass is 170 g/mol. The lowest BCUT2D eigenvalue weighted by Crippen LogP contribution is -2.48. The predicted octanol–water partition coefficient (Wildman–Crippen LogP) is -0.0377. The number of hydrazone groups is 1. The highest BCUT2D eigenvalue weighted by Crippen LogP contribution is 2.08. The molecule has 0 aromatic carbocycles. The lowest BCUT2D eigenvalue weighted by molar-refractivity contribution is 0.159. The predicted molar refractivity (Wildman–Crippen MR) is 51.0 cm³/mol. The van der Waals surface area contributed by atoms with Crippen LogP contribution in [0.2, 0.25) is 0 Å². The number of rotatable bonds is 3. The van der Waals surface area contributed by atoms with Crippen molar-refractivity contribution in [2.24, 2.45) is 10.8 Å². The van der Waals surface area contributed by atoms with Crippen molar-refractivity contribution in [1.29, 1.82) is 0 Å². The van der Waals surface area contributed by atoms with E-state index in [0.717, 1.165) is 19.6 Å². The highest BCUT2D eigenvalue weighted by Gasteiger charge is 2.18. The Labute approximate surface area is 73.8 Å². The molecule has 1 aliphatic heterocycles. The minimum Gasteiger partial charge on any atom is -0.388 e. The quantitative estimate of drug-likeness (QED) is 0.461. The zero-order valence-electron chi connectivity index (χ0n) is 7.66. The van der Waals surface area contributed by atoms with Gasteiger partial charge in [0.15, 0.2) is 0 Å². The van der Waals surface area contributed by atoms with Crippen LogP contribution in [0.3, 0.4) is 0 Å². The van der Waals surface area contributed by atoms with E-state index in [1.165, 1.54) is 19.2 Å². The summed E-state index contributed by atoms with van der Waals surface area (Å²) in [6.45, 7) is 5.21. The number of hydrogen-bond acceptors (Lipinski definition) is 3. The molecule has 0 aromatic rings. The Hall–Kier alpha value is -0.770. The van der Waals surface area contributed by atoms with E-state index in [1.807, 2.05) is 0 Å². The van der Waals surface area contributed by atoms with Crippen molar-refractivity contribution in [3.8, 4) is 0 Å². The van der Waals surface area contributed by atoms with Gasteiger partial charge >= 0.3 is 0 Å². The molecule has 4 nitrogen and oxygen atoms in total. The van der Waals surface area contributed by atoms with Crippen molar-refractivity contribution in [2.45, 2.75) is 25.8 Å². The van der Waals surface area contributed by atoms with Gasteiger partial charge in [0.2, 0.25) is 0 Å². The molecule has 1 saturated heterocycles. The Bertz CT molecular complexity index is 144. The third kappa shape index (κ3) is 2.37. The maximum absolute atomic E-state index is 5.26. The van der Waals surface area contributed by atoms with E-state index in [0.29, 0.717) is 6.04 Å². The molecular formula is C8H18N4. The molecule has 0 saturated carbocycles. The zero-order chi connectivity index (χ0) is 8.81. The third-order valence-corrected chi connectivity index (χ3v) is 2.16. The van der Waals surface area contributed by atoms with Gasteiger partial charge in [-0.2, -0.15) is 5.10 Å². The first-order valence-electron chi connectivity index (χ1n) is 4.60. The maximum atomic E-state index is 5.26.